The fourth-order valence-corrected chi connectivity index (χ4v) is 0.870. The molecular formula is C9H16ClNO3S. The van der Waals surface area contributed by atoms with E-state index in [4.69, 9.17) is 18.6 Å². The molecule has 0 spiro atoms. The van der Waals surface area contributed by atoms with Crippen LogP contribution in [0.15, 0.2) is 0 Å². The Kier molecular flexibility index (Phi) is 13.0. The molecule has 88 valence electrons. The lowest BCUT2D eigenvalue weighted by Crippen LogP contribution is -2.11. The van der Waals surface area contributed by atoms with Gasteiger partial charge in [-0.25, -0.2) is 0 Å². The molecule has 0 aliphatic heterocycles. The van der Waals surface area contributed by atoms with E-state index >= 15 is 0 Å². The summed E-state index contributed by atoms with van der Waals surface area (Å²) in [6.45, 7) is 3.25. The molecule has 2 N–H and O–H groups in total. The van der Waals surface area contributed by atoms with Crippen molar-refractivity contribution in [3.8, 4) is 24.7 Å². The molecule has 6 heteroatoms. The molecule has 4 nitrogen and oxygen atoms in total. The summed E-state index contributed by atoms with van der Waals surface area (Å²) in [6.07, 6.45) is 9.93. The van der Waals surface area contributed by atoms with E-state index in [0.717, 1.165) is 6.26 Å². The number of hydrogen-bond acceptors (Lipinski definition) is 4. The van der Waals surface area contributed by atoms with Gasteiger partial charge in [0, 0.05) is 0 Å². The third kappa shape index (κ3) is 24.6. The third-order valence-electron chi connectivity index (χ3n) is 0.817. The minimum absolute atomic E-state index is 0. The molecule has 15 heavy (non-hydrogen) atoms. The molecule has 0 rings (SSSR count). The Bertz CT molecular complexity index is 324. The molecule has 0 bridgehead atoms. The fourth-order valence-electron chi connectivity index (χ4n) is 0.290. The summed E-state index contributed by atoms with van der Waals surface area (Å²) in [6, 6.07) is -0.0880. The summed E-state index contributed by atoms with van der Waals surface area (Å²) >= 11 is 0. The molecule has 0 saturated heterocycles. The number of terminal acetylenes is 2. The van der Waals surface area contributed by atoms with Crippen molar-refractivity contribution in [2.75, 3.05) is 6.26 Å². The normalized spacial score (nSPS) is 12.9. The van der Waals surface area contributed by atoms with Gasteiger partial charge in [-0.2, -0.15) is 8.42 Å². The van der Waals surface area contributed by atoms with Crippen molar-refractivity contribution in [2.45, 2.75) is 26.0 Å². The predicted molar refractivity (Wildman–Crippen MR) is 64.0 cm³/mol. The van der Waals surface area contributed by atoms with Crippen LogP contribution >= 0.6 is 12.4 Å². The highest BCUT2D eigenvalue weighted by Crippen LogP contribution is 1.93. The van der Waals surface area contributed by atoms with Crippen LogP contribution in [0.1, 0.15) is 13.8 Å². The summed E-state index contributed by atoms with van der Waals surface area (Å²) in [5, 5.41) is 0. The minimum atomic E-state index is -3.38. The molecule has 0 radical (unpaired) electrons. The highest BCUT2D eigenvalue weighted by molar-refractivity contribution is 7.86. The molecule has 0 aliphatic carbocycles. The molecule has 0 heterocycles. The molecule has 0 aromatic heterocycles. The van der Waals surface area contributed by atoms with Crippen molar-refractivity contribution < 1.29 is 12.6 Å². The van der Waals surface area contributed by atoms with Crippen LogP contribution in [0.2, 0.25) is 0 Å². The number of halogens is 1. The minimum Gasteiger partial charge on any atom is -0.318 e. The summed E-state index contributed by atoms with van der Waals surface area (Å²) < 4.78 is 24.9. The van der Waals surface area contributed by atoms with Crippen LogP contribution in [0.3, 0.4) is 0 Å². The molecule has 0 aromatic rings. The number of hydrogen-bond donors (Lipinski definition) is 1. The second kappa shape index (κ2) is 9.82. The molecule has 0 saturated carbocycles. The lowest BCUT2D eigenvalue weighted by molar-refractivity contribution is 0.286. The molecule has 0 aliphatic rings. The van der Waals surface area contributed by atoms with Gasteiger partial charge in [0.25, 0.3) is 10.1 Å². The molecule has 2 atom stereocenters. The quantitative estimate of drug-likeness (QED) is 0.570. The predicted octanol–water partition coefficient (Wildman–Crippen LogP) is 0.373. The average Bonchev–Trinajstić information content (AvgIpc) is 2.02. The van der Waals surface area contributed by atoms with E-state index in [-0.39, 0.29) is 18.4 Å². The van der Waals surface area contributed by atoms with Gasteiger partial charge >= 0.3 is 0 Å². The smallest absolute Gasteiger partial charge is 0.265 e. The van der Waals surface area contributed by atoms with Gasteiger partial charge in [0.1, 0.15) is 6.10 Å². The summed E-state index contributed by atoms with van der Waals surface area (Å²) in [4.78, 5) is 0. The van der Waals surface area contributed by atoms with Gasteiger partial charge in [0.15, 0.2) is 0 Å². The maximum absolute atomic E-state index is 10.3. The largest absolute Gasteiger partial charge is 0.318 e. The van der Waals surface area contributed by atoms with E-state index in [1.54, 1.807) is 6.92 Å². The van der Waals surface area contributed by atoms with Gasteiger partial charge in [-0.1, -0.05) is 11.8 Å². The maximum atomic E-state index is 10.3. The van der Waals surface area contributed by atoms with E-state index in [9.17, 15) is 8.42 Å². The number of nitrogens with two attached hydrogens (primary N) is 1. The highest BCUT2D eigenvalue weighted by atomic mass is 35.5. The van der Waals surface area contributed by atoms with Gasteiger partial charge < -0.3 is 5.73 Å². The van der Waals surface area contributed by atoms with Crippen molar-refractivity contribution in [3.05, 3.63) is 0 Å². The van der Waals surface area contributed by atoms with Crippen LogP contribution in [0.5, 0.6) is 0 Å². The Morgan fingerprint density at radius 2 is 1.60 bits per heavy atom. The first-order chi connectivity index (χ1) is 6.22. The standard InChI is InChI=1S/C5H8O3S.C4H7N.ClH/c1-4-5(2)8-9(3,6)7;1-3-4(2)5;/h1,5H,2-3H3;1,4H,5H2,2H3;1H/t5-;4-;/m01./s1. The Balaban J connectivity index is -0.000000208. The van der Waals surface area contributed by atoms with Gasteiger partial charge in [0.05, 0.1) is 12.3 Å². The van der Waals surface area contributed by atoms with Crippen molar-refractivity contribution in [1.29, 1.82) is 0 Å². The van der Waals surface area contributed by atoms with Crippen LogP contribution in [0.4, 0.5) is 0 Å². The van der Waals surface area contributed by atoms with E-state index in [2.05, 4.69) is 16.0 Å². The van der Waals surface area contributed by atoms with Crippen LogP contribution in [-0.4, -0.2) is 26.8 Å². The monoisotopic (exact) mass is 253 g/mol. The first kappa shape index (κ1) is 19.8. The zero-order chi connectivity index (χ0) is 11.8. The van der Waals surface area contributed by atoms with Gasteiger partial charge in [-0.3, -0.25) is 4.18 Å². The first-order valence-corrected chi connectivity index (χ1v) is 5.60. The number of rotatable bonds is 2. The Labute approximate surface area is 98.1 Å². The zero-order valence-corrected chi connectivity index (χ0v) is 10.6. The third-order valence-corrected chi connectivity index (χ3v) is 1.45. The second-order valence-electron chi connectivity index (χ2n) is 2.56. The SMILES string of the molecule is C#C[C@@H](C)N.C#C[C@H](C)OS(C)(=O)=O.Cl. The molecule has 0 unspecified atom stereocenters. The summed E-state index contributed by atoms with van der Waals surface area (Å²) in [7, 11) is -3.38. The lowest BCUT2D eigenvalue weighted by atomic mass is 10.4. The Hall–Kier alpha value is -0.720. The summed E-state index contributed by atoms with van der Waals surface area (Å²) in [5.74, 6) is 4.43. The highest BCUT2D eigenvalue weighted by Gasteiger charge is 2.05. The van der Waals surface area contributed by atoms with Gasteiger partial charge in [-0.15, -0.1) is 25.3 Å². The van der Waals surface area contributed by atoms with E-state index in [1.165, 1.54) is 6.92 Å². The fraction of sp³-hybridized carbons (Fsp3) is 0.556. The van der Waals surface area contributed by atoms with E-state index in [0.29, 0.717) is 0 Å². The van der Waals surface area contributed by atoms with Crippen LogP contribution < -0.4 is 5.73 Å². The Morgan fingerprint density at radius 1 is 1.27 bits per heavy atom. The zero-order valence-electron chi connectivity index (χ0n) is 8.93. The average molecular weight is 254 g/mol. The summed E-state index contributed by atoms with van der Waals surface area (Å²) in [5.41, 5.74) is 5.06. The van der Waals surface area contributed by atoms with Crippen LogP contribution in [-0.2, 0) is 14.3 Å². The topological polar surface area (TPSA) is 69.4 Å². The van der Waals surface area contributed by atoms with Crippen LogP contribution in [0.25, 0.3) is 0 Å². The molecule has 0 fully saturated rings. The first-order valence-electron chi connectivity index (χ1n) is 3.79. The Morgan fingerprint density at radius 3 is 1.67 bits per heavy atom. The van der Waals surface area contributed by atoms with Crippen molar-refractivity contribution in [2.24, 2.45) is 5.73 Å². The van der Waals surface area contributed by atoms with Gasteiger partial charge in [0.2, 0.25) is 0 Å². The van der Waals surface area contributed by atoms with Crippen LogP contribution in [0, 0.1) is 24.7 Å². The molecular weight excluding hydrogens is 238 g/mol. The van der Waals surface area contributed by atoms with E-state index < -0.39 is 16.2 Å². The lowest BCUT2D eigenvalue weighted by Gasteiger charge is -2.00. The van der Waals surface area contributed by atoms with Crippen molar-refractivity contribution in [3.63, 3.8) is 0 Å². The van der Waals surface area contributed by atoms with Gasteiger partial charge in [-0.05, 0) is 13.8 Å². The van der Waals surface area contributed by atoms with Crippen molar-refractivity contribution >= 4 is 22.5 Å². The second-order valence-corrected chi connectivity index (χ2v) is 4.17. The molecule has 0 aromatic carbocycles. The van der Waals surface area contributed by atoms with Crippen molar-refractivity contribution in [1.82, 2.24) is 0 Å². The maximum Gasteiger partial charge on any atom is 0.265 e. The molecule has 0 amide bonds. The van der Waals surface area contributed by atoms with E-state index in [1.807, 2.05) is 0 Å².